The minimum Gasteiger partial charge on any atom is 0 e. The molecule has 0 aromatic rings. The van der Waals surface area contributed by atoms with Gasteiger partial charge in [-0.05, 0) is 0 Å². The summed E-state index contributed by atoms with van der Waals surface area (Å²) in [4.78, 5) is 0. The van der Waals surface area contributed by atoms with E-state index in [9.17, 15) is 0 Å². The van der Waals surface area contributed by atoms with E-state index in [-0.39, 0.29) is 0 Å². The molecule has 0 saturated carbocycles. The lowest BCUT2D eigenvalue weighted by atomic mass is 8.84. The van der Waals surface area contributed by atoms with E-state index in [0.29, 0.717) is 0 Å². The van der Waals surface area contributed by atoms with Crippen LogP contribution in [-0.2, 0) is 0 Å². The Morgan fingerprint density at radius 2 is 0.444 bits per heavy atom. The third-order valence-corrected chi connectivity index (χ3v) is 1.67. The van der Waals surface area contributed by atoms with Crippen LogP contribution in [0.15, 0.2) is 0 Å². The standard InChI is InChI=1S/B18/c1-3-5-7-9-11-13-15-17-18-16-14-12-10-8-6-4-2. The van der Waals surface area contributed by atoms with Crippen LogP contribution < -0.4 is 0 Å². The zero-order valence-corrected chi connectivity index (χ0v) is 10.4. The Morgan fingerprint density at radius 1 is 0.278 bits per heavy atom. The summed E-state index contributed by atoms with van der Waals surface area (Å²) in [5.74, 6) is 0. The van der Waals surface area contributed by atoms with Crippen molar-refractivity contribution in [3.63, 3.8) is 0 Å². The van der Waals surface area contributed by atoms with Crippen LogP contribution in [0.2, 0.25) is 0 Å². The summed E-state index contributed by atoms with van der Waals surface area (Å²) in [6.45, 7) is 0. The van der Waals surface area contributed by atoms with Crippen LogP contribution in [0.1, 0.15) is 0 Å². The van der Waals surface area contributed by atoms with Gasteiger partial charge in [-0.25, -0.2) is 0 Å². The maximum Gasteiger partial charge on any atom is 0 e. The molecule has 18 heteroatoms. The molecule has 0 spiro atoms. The first-order valence-corrected chi connectivity index (χ1v) is 5.67. The number of hydrogen-bond donors (Lipinski definition) is 0. The minimum atomic E-state index is 1.49. The predicted molar refractivity (Wildman–Crippen MR) is 104 cm³/mol. The number of hydrogen-bond acceptors (Lipinski definition) is 0. The topological polar surface area (TPSA) is 0 Å². The van der Waals surface area contributed by atoms with Gasteiger partial charge in [-0.15, -0.1) is 0 Å². The van der Waals surface area contributed by atoms with Crippen LogP contribution in [0.4, 0.5) is 0 Å². The maximum absolute atomic E-state index is 5.18. The molecule has 0 aromatic carbocycles. The lowest BCUT2D eigenvalue weighted by Gasteiger charge is -1.97. The van der Waals surface area contributed by atoms with E-state index in [1.807, 2.05) is 84.7 Å². The largest absolute Gasteiger partial charge is 0 e. The molecule has 0 atom stereocenters. The summed E-state index contributed by atoms with van der Waals surface area (Å²) in [6.07, 6.45) is 0. The van der Waals surface area contributed by atoms with E-state index < -0.39 is 0 Å². The fraction of sp³-hybridized carbons (Fsp3) is 0. The second-order valence-electron chi connectivity index (χ2n) is 3.08. The first kappa shape index (κ1) is 19.2. The predicted octanol–water partition coefficient (Wildman–Crippen LogP) is -6.85. The van der Waals surface area contributed by atoms with Crippen LogP contribution in [0.3, 0.4) is 0 Å². The summed E-state index contributed by atoms with van der Waals surface area (Å²) >= 11 is 0. The molecule has 0 unspecified atom stereocenters. The van der Waals surface area contributed by atoms with Crippen molar-refractivity contribution in [2.45, 2.75) is 0 Å². The molecular formula is B18. The SMILES string of the molecule is [B][B][B][B][B][B][B][B][B][B][B][B][B][B][B][B][B][B]. The minimum absolute atomic E-state index is 1.49. The molecule has 0 amide bonds. The molecule has 20 radical (unpaired) electrons. The van der Waals surface area contributed by atoms with Crippen molar-refractivity contribution >= 4 is 128 Å². The fourth-order valence-electron chi connectivity index (χ4n) is 0.898. The van der Waals surface area contributed by atoms with Gasteiger partial charge in [-0.3, -0.25) is 0 Å². The van der Waals surface area contributed by atoms with Gasteiger partial charge in [0.2, 0.25) is 0 Å². The van der Waals surface area contributed by atoms with Crippen LogP contribution in [0.25, 0.3) is 0 Å². The Bertz CT molecular complexity index is 112. The average molecular weight is 195 g/mol. The van der Waals surface area contributed by atoms with Crippen molar-refractivity contribution in [1.82, 2.24) is 0 Å². The molecule has 0 aliphatic heterocycles. The second kappa shape index (κ2) is 18.2. The van der Waals surface area contributed by atoms with Crippen molar-refractivity contribution in [1.29, 1.82) is 0 Å². The van der Waals surface area contributed by atoms with Crippen molar-refractivity contribution in [3.8, 4) is 0 Å². The molecule has 0 nitrogen and oxygen atoms in total. The monoisotopic (exact) mass is 198 g/mol. The lowest BCUT2D eigenvalue weighted by molar-refractivity contribution is 3.78. The summed E-state index contributed by atoms with van der Waals surface area (Å²) < 4.78 is 0. The molecule has 0 saturated heterocycles. The molecule has 0 aliphatic rings. The van der Waals surface area contributed by atoms with Crippen molar-refractivity contribution in [2.75, 3.05) is 0 Å². The highest BCUT2D eigenvalue weighted by atomic mass is 12.8. The third kappa shape index (κ3) is 17.2. The van der Waals surface area contributed by atoms with E-state index in [1.165, 1.54) is 14.1 Å². The summed E-state index contributed by atoms with van der Waals surface area (Å²) in [7, 11) is 40.0. The summed E-state index contributed by atoms with van der Waals surface area (Å²) in [6, 6.07) is 0. The summed E-state index contributed by atoms with van der Waals surface area (Å²) in [5, 5.41) is 0. The average Bonchev–Trinajstić information content (AvgIpc) is 2.39. The van der Waals surface area contributed by atoms with Gasteiger partial charge in [-0.1, -0.05) is 0 Å². The van der Waals surface area contributed by atoms with E-state index in [0.717, 1.165) is 0 Å². The van der Waals surface area contributed by atoms with Crippen molar-refractivity contribution < 1.29 is 0 Å². The molecule has 54 valence electrons. The molecular weight excluding hydrogens is 195 g/mol. The van der Waals surface area contributed by atoms with Gasteiger partial charge in [0.25, 0.3) is 0 Å². The third-order valence-electron chi connectivity index (χ3n) is 1.67. The van der Waals surface area contributed by atoms with Gasteiger partial charge in [-0.2, -0.15) is 0 Å². The zero-order chi connectivity index (χ0) is 13.3. The first-order chi connectivity index (χ1) is 8.91. The van der Waals surface area contributed by atoms with E-state index in [2.05, 4.69) is 0 Å². The first-order valence-electron chi connectivity index (χ1n) is 5.67. The van der Waals surface area contributed by atoms with Gasteiger partial charge in [0.05, 0.1) is 0 Å². The molecule has 0 bridgehead atoms. The Morgan fingerprint density at radius 3 is 0.611 bits per heavy atom. The molecule has 0 fully saturated rings. The highest BCUT2D eigenvalue weighted by Gasteiger charge is 1.99. The van der Waals surface area contributed by atoms with Crippen LogP contribution in [0.5, 0.6) is 0 Å². The maximum atomic E-state index is 5.18. The smallest absolute Gasteiger partial charge is 0 e. The van der Waals surface area contributed by atoms with Crippen LogP contribution in [-0.4, -0.2) is 128 Å². The summed E-state index contributed by atoms with van der Waals surface area (Å²) in [5.41, 5.74) is 0. The van der Waals surface area contributed by atoms with E-state index in [4.69, 9.17) is 15.5 Å². The van der Waals surface area contributed by atoms with Crippen molar-refractivity contribution in [2.24, 2.45) is 0 Å². The van der Waals surface area contributed by atoms with Gasteiger partial charge < -0.3 is 0 Å². The number of rotatable bonds is 15. The van der Waals surface area contributed by atoms with Gasteiger partial charge in [0.15, 0.2) is 0 Å². The Balaban J connectivity index is 2.86. The van der Waals surface area contributed by atoms with Gasteiger partial charge in [0, 0.05) is 128 Å². The molecule has 0 aliphatic carbocycles. The van der Waals surface area contributed by atoms with Gasteiger partial charge >= 0.3 is 0 Å². The van der Waals surface area contributed by atoms with Gasteiger partial charge in [0.1, 0.15) is 0 Å². The molecule has 0 N–H and O–H groups in total. The van der Waals surface area contributed by atoms with Crippen LogP contribution in [0, 0.1) is 0 Å². The quantitative estimate of drug-likeness (QED) is 0.180. The Kier molecular flexibility index (Phi) is 19.3. The van der Waals surface area contributed by atoms with E-state index >= 15 is 0 Å². The fourth-order valence-corrected chi connectivity index (χ4v) is 0.898. The van der Waals surface area contributed by atoms with Crippen LogP contribution >= 0.6 is 0 Å². The van der Waals surface area contributed by atoms with Crippen molar-refractivity contribution in [3.05, 3.63) is 0 Å². The normalized spacial score (nSPS) is 7.33. The molecule has 18 heavy (non-hydrogen) atoms. The van der Waals surface area contributed by atoms with E-state index in [1.54, 1.807) is 14.1 Å². The highest BCUT2D eigenvalue weighted by Crippen LogP contribution is 1.60. The zero-order valence-electron chi connectivity index (χ0n) is 10.4. The lowest BCUT2D eigenvalue weighted by Crippen LogP contribution is -2.35. The highest BCUT2D eigenvalue weighted by molar-refractivity contribution is 7.74. The second-order valence-corrected chi connectivity index (χ2v) is 3.08. The molecule has 0 aromatic heterocycles. The molecule has 0 heterocycles. The molecule has 0 rings (SSSR count). The Labute approximate surface area is 128 Å². The Hall–Kier alpha value is 1.17.